The summed E-state index contributed by atoms with van der Waals surface area (Å²) in [5, 5.41) is 1.16. The Bertz CT molecular complexity index is 657. The first kappa shape index (κ1) is 15.1. The highest BCUT2D eigenvalue weighted by Crippen LogP contribution is 2.33. The average molecular weight is 310 g/mol. The molecule has 1 heterocycles. The summed E-state index contributed by atoms with van der Waals surface area (Å²) in [5.41, 5.74) is 7.30. The molecular weight excluding hydrogens is 294 g/mol. The number of aromatic amines is 1. The highest BCUT2D eigenvalue weighted by Gasteiger charge is 2.10. The first-order chi connectivity index (χ1) is 9.63. The van der Waals surface area contributed by atoms with Gasteiger partial charge in [-0.05, 0) is 29.8 Å². The molecule has 0 unspecified atom stereocenters. The van der Waals surface area contributed by atoms with Crippen molar-refractivity contribution in [2.45, 2.75) is 36.4 Å². The molecule has 0 aliphatic rings. The molecule has 106 valence electrons. The summed E-state index contributed by atoms with van der Waals surface area (Å²) in [7, 11) is 0. The summed E-state index contributed by atoms with van der Waals surface area (Å²) >= 11 is 7.54. The molecule has 2 aromatic rings. The number of nitrogens with zero attached hydrogens (tertiary/aromatic N) is 1. The quantitative estimate of drug-likeness (QED) is 0.833. The summed E-state index contributed by atoms with van der Waals surface area (Å²) in [6, 6.07) is 7.11. The van der Waals surface area contributed by atoms with E-state index in [9.17, 15) is 4.79 Å². The van der Waals surface area contributed by atoms with Gasteiger partial charge >= 0.3 is 0 Å². The monoisotopic (exact) mass is 309 g/mol. The number of aryl methyl sites for hydroxylation is 1. The molecule has 0 bridgehead atoms. The van der Waals surface area contributed by atoms with Crippen LogP contribution in [0.1, 0.15) is 24.6 Å². The molecule has 1 aromatic carbocycles. The average Bonchev–Trinajstić information content (AvgIpc) is 2.41. The van der Waals surface area contributed by atoms with Gasteiger partial charge in [0.15, 0.2) is 5.16 Å². The molecule has 0 saturated carbocycles. The number of H-pyrrole nitrogens is 1. The van der Waals surface area contributed by atoms with Gasteiger partial charge in [0, 0.05) is 23.2 Å². The SMILES string of the molecule is CCCc1cc(=O)[nH]c(Sc2c(Cl)cccc2CN)n1. The predicted molar refractivity (Wildman–Crippen MR) is 82.3 cm³/mol. The molecule has 3 N–H and O–H groups in total. The molecule has 6 heteroatoms. The molecular formula is C14H16ClN3OS. The lowest BCUT2D eigenvalue weighted by Gasteiger charge is -2.09. The lowest BCUT2D eigenvalue weighted by molar-refractivity contribution is 0.815. The van der Waals surface area contributed by atoms with E-state index in [1.54, 1.807) is 6.07 Å². The van der Waals surface area contributed by atoms with Crippen LogP contribution >= 0.6 is 23.4 Å². The van der Waals surface area contributed by atoms with Gasteiger partial charge in [-0.1, -0.05) is 37.1 Å². The van der Waals surface area contributed by atoms with Crippen LogP contribution in [0.5, 0.6) is 0 Å². The Morgan fingerprint density at radius 2 is 2.25 bits per heavy atom. The minimum absolute atomic E-state index is 0.146. The van der Waals surface area contributed by atoms with Crippen molar-refractivity contribution in [1.82, 2.24) is 9.97 Å². The van der Waals surface area contributed by atoms with Crippen molar-refractivity contribution in [2.75, 3.05) is 0 Å². The van der Waals surface area contributed by atoms with Crippen molar-refractivity contribution in [1.29, 1.82) is 0 Å². The number of nitrogens with two attached hydrogens (primary N) is 1. The van der Waals surface area contributed by atoms with Gasteiger partial charge in [-0.25, -0.2) is 4.98 Å². The maximum atomic E-state index is 11.6. The van der Waals surface area contributed by atoms with Crippen molar-refractivity contribution in [2.24, 2.45) is 5.73 Å². The van der Waals surface area contributed by atoms with E-state index >= 15 is 0 Å². The molecule has 0 amide bonds. The summed E-state index contributed by atoms with van der Waals surface area (Å²) in [4.78, 5) is 19.7. The van der Waals surface area contributed by atoms with Gasteiger partial charge < -0.3 is 10.7 Å². The Kier molecular flexibility index (Phi) is 5.23. The summed E-state index contributed by atoms with van der Waals surface area (Å²) < 4.78 is 0. The van der Waals surface area contributed by atoms with Crippen molar-refractivity contribution < 1.29 is 0 Å². The lowest BCUT2D eigenvalue weighted by Crippen LogP contribution is -2.10. The van der Waals surface area contributed by atoms with Gasteiger partial charge in [-0.2, -0.15) is 0 Å². The Morgan fingerprint density at radius 1 is 1.45 bits per heavy atom. The number of aromatic nitrogens is 2. The molecule has 0 saturated heterocycles. The topological polar surface area (TPSA) is 71.8 Å². The number of rotatable bonds is 5. The van der Waals surface area contributed by atoms with E-state index in [2.05, 4.69) is 16.9 Å². The normalized spacial score (nSPS) is 10.8. The number of nitrogens with one attached hydrogen (secondary N) is 1. The standard InChI is InChI=1S/C14H16ClN3OS/c1-2-4-10-7-12(19)18-14(17-10)20-13-9(8-16)5-3-6-11(13)15/h3,5-7H,2,4,8,16H2,1H3,(H,17,18,19). The number of hydrogen-bond acceptors (Lipinski definition) is 4. The molecule has 0 radical (unpaired) electrons. The predicted octanol–water partition coefficient (Wildman–Crippen LogP) is 2.99. The summed E-state index contributed by atoms with van der Waals surface area (Å²) in [5.74, 6) is 0. The van der Waals surface area contributed by atoms with Crippen LogP contribution in [-0.4, -0.2) is 9.97 Å². The molecule has 4 nitrogen and oxygen atoms in total. The smallest absolute Gasteiger partial charge is 0.251 e. The maximum Gasteiger partial charge on any atom is 0.251 e. The van der Waals surface area contributed by atoms with E-state index in [1.165, 1.54) is 17.8 Å². The van der Waals surface area contributed by atoms with E-state index in [4.69, 9.17) is 17.3 Å². The van der Waals surface area contributed by atoms with Crippen LogP contribution in [0.4, 0.5) is 0 Å². The molecule has 20 heavy (non-hydrogen) atoms. The van der Waals surface area contributed by atoms with E-state index < -0.39 is 0 Å². The van der Waals surface area contributed by atoms with Crippen molar-refractivity contribution >= 4 is 23.4 Å². The van der Waals surface area contributed by atoms with E-state index in [0.717, 1.165) is 29.0 Å². The minimum Gasteiger partial charge on any atom is -0.326 e. The second-order valence-corrected chi connectivity index (χ2v) is 5.73. The Morgan fingerprint density at radius 3 is 2.95 bits per heavy atom. The molecule has 2 rings (SSSR count). The highest BCUT2D eigenvalue weighted by molar-refractivity contribution is 7.99. The van der Waals surface area contributed by atoms with E-state index in [-0.39, 0.29) is 5.56 Å². The maximum absolute atomic E-state index is 11.6. The van der Waals surface area contributed by atoms with Crippen molar-refractivity contribution in [3.8, 4) is 0 Å². The van der Waals surface area contributed by atoms with Gasteiger partial charge in [-0.15, -0.1) is 0 Å². The molecule has 0 fully saturated rings. The molecule has 1 aromatic heterocycles. The Balaban J connectivity index is 2.37. The van der Waals surface area contributed by atoms with Gasteiger partial charge in [0.25, 0.3) is 5.56 Å². The van der Waals surface area contributed by atoms with E-state index in [0.29, 0.717) is 16.7 Å². The molecule has 0 aliphatic carbocycles. The zero-order chi connectivity index (χ0) is 14.5. The van der Waals surface area contributed by atoms with Gasteiger partial charge in [0.1, 0.15) is 0 Å². The summed E-state index contributed by atoms with van der Waals surface area (Å²) in [6.45, 7) is 2.44. The highest BCUT2D eigenvalue weighted by atomic mass is 35.5. The third kappa shape index (κ3) is 3.62. The van der Waals surface area contributed by atoms with Crippen LogP contribution in [0.25, 0.3) is 0 Å². The van der Waals surface area contributed by atoms with Crippen LogP contribution in [0.15, 0.2) is 39.1 Å². The zero-order valence-electron chi connectivity index (χ0n) is 11.1. The molecule has 0 atom stereocenters. The number of hydrogen-bond donors (Lipinski definition) is 2. The van der Waals surface area contributed by atoms with E-state index in [1.807, 2.05) is 12.1 Å². The summed E-state index contributed by atoms with van der Waals surface area (Å²) in [6.07, 6.45) is 1.73. The second kappa shape index (κ2) is 6.92. The fourth-order valence-electron chi connectivity index (χ4n) is 1.84. The second-order valence-electron chi connectivity index (χ2n) is 4.33. The first-order valence-electron chi connectivity index (χ1n) is 6.39. The number of benzene rings is 1. The number of halogens is 1. The zero-order valence-corrected chi connectivity index (χ0v) is 12.7. The Hall–Kier alpha value is -1.30. The fraction of sp³-hybridized carbons (Fsp3) is 0.286. The largest absolute Gasteiger partial charge is 0.326 e. The van der Waals surface area contributed by atoms with Crippen LogP contribution < -0.4 is 11.3 Å². The Labute approximate surface area is 126 Å². The van der Waals surface area contributed by atoms with Gasteiger partial charge in [0.05, 0.1) is 5.02 Å². The van der Waals surface area contributed by atoms with Gasteiger partial charge in [0.2, 0.25) is 0 Å². The van der Waals surface area contributed by atoms with Crippen molar-refractivity contribution in [3.63, 3.8) is 0 Å². The minimum atomic E-state index is -0.146. The molecule has 0 aliphatic heterocycles. The van der Waals surface area contributed by atoms with Crippen molar-refractivity contribution in [3.05, 3.63) is 50.9 Å². The third-order valence-electron chi connectivity index (χ3n) is 2.75. The van der Waals surface area contributed by atoms with Gasteiger partial charge in [-0.3, -0.25) is 4.79 Å². The van der Waals surface area contributed by atoms with Crippen LogP contribution in [0, 0.1) is 0 Å². The van der Waals surface area contributed by atoms with Crippen LogP contribution in [-0.2, 0) is 13.0 Å². The lowest BCUT2D eigenvalue weighted by atomic mass is 10.2. The van der Waals surface area contributed by atoms with Crippen LogP contribution in [0.3, 0.4) is 0 Å². The third-order valence-corrected chi connectivity index (χ3v) is 4.25. The fourth-order valence-corrected chi connectivity index (χ4v) is 3.11. The molecule has 0 spiro atoms. The van der Waals surface area contributed by atoms with Crippen LogP contribution in [0.2, 0.25) is 5.02 Å². The first-order valence-corrected chi connectivity index (χ1v) is 7.59.